The molecule has 6 nitrogen and oxygen atoms in total. The molecule has 2 aliphatic heterocycles. The summed E-state index contributed by atoms with van der Waals surface area (Å²) in [5, 5.41) is 34.4. The Hall–Kier alpha value is -1.61. The number of fused-ring (bicyclic) bond motifs is 1. The minimum absolute atomic E-state index is 0.590. The molecule has 3 aliphatic rings. The second-order valence-corrected chi connectivity index (χ2v) is 9.78. The SMILES string of the molecule is CO[C@H]1O[C@@H](c2ccc(C3CC3)c(Cc3ccc4c(c3)NCCS4)c2)[C@H](O)[C@@H](O)[C@@H]1O. The summed E-state index contributed by atoms with van der Waals surface area (Å²) in [5.41, 5.74) is 5.78. The topological polar surface area (TPSA) is 91.2 Å². The van der Waals surface area contributed by atoms with Crippen LogP contribution < -0.4 is 5.32 Å². The van der Waals surface area contributed by atoms with Gasteiger partial charge >= 0.3 is 0 Å². The van der Waals surface area contributed by atoms with Crippen LogP contribution >= 0.6 is 11.8 Å². The summed E-state index contributed by atoms with van der Waals surface area (Å²) in [6, 6.07) is 12.8. The average Bonchev–Trinajstić information content (AvgIpc) is 3.63. The van der Waals surface area contributed by atoms with Gasteiger partial charge in [-0.3, -0.25) is 0 Å². The van der Waals surface area contributed by atoms with Crippen molar-refractivity contribution in [3.8, 4) is 0 Å². The first-order chi connectivity index (χ1) is 15.0. The number of anilines is 1. The highest BCUT2D eigenvalue weighted by molar-refractivity contribution is 7.99. The Labute approximate surface area is 186 Å². The van der Waals surface area contributed by atoms with Gasteiger partial charge in [0, 0.05) is 30.0 Å². The molecule has 0 bridgehead atoms. The molecule has 2 heterocycles. The van der Waals surface area contributed by atoms with E-state index in [4.69, 9.17) is 9.47 Å². The Morgan fingerprint density at radius 3 is 2.68 bits per heavy atom. The van der Waals surface area contributed by atoms with Crippen LogP contribution in [0.3, 0.4) is 0 Å². The van der Waals surface area contributed by atoms with Crippen LogP contribution in [-0.2, 0) is 15.9 Å². The number of aliphatic hydroxyl groups is 3. The van der Waals surface area contributed by atoms with E-state index in [2.05, 4.69) is 35.6 Å². The van der Waals surface area contributed by atoms with E-state index in [0.717, 1.165) is 24.3 Å². The summed E-state index contributed by atoms with van der Waals surface area (Å²) in [4.78, 5) is 1.29. The summed E-state index contributed by atoms with van der Waals surface area (Å²) >= 11 is 1.88. The third kappa shape index (κ3) is 4.23. The highest BCUT2D eigenvalue weighted by Gasteiger charge is 2.44. The minimum atomic E-state index is -1.33. The Balaban J connectivity index is 1.45. The lowest BCUT2D eigenvalue weighted by atomic mass is 9.89. The summed E-state index contributed by atoms with van der Waals surface area (Å²) in [6.45, 7) is 0.982. The lowest BCUT2D eigenvalue weighted by molar-refractivity contribution is -0.292. The van der Waals surface area contributed by atoms with E-state index >= 15 is 0 Å². The van der Waals surface area contributed by atoms with E-state index in [1.54, 1.807) is 0 Å². The van der Waals surface area contributed by atoms with Crippen molar-refractivity contribution >= 4 is 17.4 Å². The Bertz CT molecular complexity index is 948. The highest BCUT2D eigenvalue weighted by Crippen LogP contribution is 2.44. The molecule has 1 saturated carbocycles. The smallest absolute Gasteiger partial charge is 0.186 e. The van der Waals surface area contributed by atoms with Crippen LogP contribution in [0, 0.1) is 0 Å². The molecule has 1 aliphatic carbocycles. The number of benzene rings is 2. The molecular weight excluding hydrogens is 414 g/mol. The van der Waals surface area contributed by atoms with Gasteiger partial charge in [-0.05, 0) is 59.6 Å². The van der Waals surface area contributed by atoms with E-state index in [9.17, 15) is 15.3 Å². The zero-order valence-corrected chi connectivity index (χ0v) is 18.3. The molecule has 4 N–H and O–H groups in total. The van der Waals surface area contributed by atoms with Crippen LogP contribution in [0.2, 0.25) is 0 Å². The average molecular weight is 444 g/mol. The van der Waals surface area contributed by atoms with E-state index in [1.807, 2.05) is 17.8 Å². The fraction of sp³-hybridized carbons (Fsp3) is 0.500. The van der Waals surface area contributed by atoms with Gasteiger partial charge in [0.1, 0.15) is 24.4 Å². The molecule has 5 atom stereocenters. The monoisotopic (exact) mass is 443 g/mol. The molecule has 166 valence electrons. The maximum Gasteiger partial charge on any atom is 0.186 e. The molecule has 0 spiro atoms. The molecule has 1 saturated heterocycles. The van der Waals surface area contributed by atoms with E-state index < -0.39 is 30.7 Å². The van der Waals surface area contributed by atoms with Crippen LogP contribution in [0.25, 0.3) is 0 Å². The van der Waals surface area contributed by atoms with Crippen LogP contribution in [0.15, 0.2) is 41.3 Å². The maximum absolute atomic E-state index is 10.6. The minimum Gasteiger partial charge on any atom is -0.387 e. The number of methoxy groups -OCH3 is 1. The first-order valence-corrected chi connectivity index (χ1v) is 11.9. The van der Waals surface area contributed by atoms with Crippen LogP contribution in [0.1, 0.15) is 47.1 Å². The van der Waals surface area contributed by atoms with Crippen molar-refractivity contribution in [1.82, 2.24) is 0 Å². The first kappa shape index (κ1) is 21.2. The highest BCUT2D eigenvalue weighted by atomic mass is 32.2. The van der Waals surface area contributed by atoms with Crippen molar-refractivity contribution < 1.29 is 24.8 Å². The van der Waals surface area contributed by atoms with Crippen molar-refractivity contribution in [3.05, 3.63) is 58.7 Å². The molecular formula is C24H29NO5S. The summed E-state index contributed by atoms with van der Waals surface area (Å²) < 4.78 is 11.0. The maximum atomic E-state index is 10.6. The standard InChI is InChI=1S/C24H29NO5S/c1-29-24-22(28)20(26)21(27)23(30-24)15-5-6-17(14-3-4-14)16(12-15)10-13-2-7-19-18(11-13)25-8-9-31-19/h2,5-7,11-12,14,20-28H,3-4,8-10H2,1H3/t20-,21-,22+,23+,24+/m1/s1. The first-order valence-electron chi connectivity index (χ1n) is 10.9. The second kappa shape index (κ2) is 8.73. The van der Waals surface area contributed by atoms with Gasteiger partial charge in [0.25, 0.3) is 0 Å². The van der Waals surface area contributed by atoms with E-state index in [-0.39, 0.29) is 0 Å². The number of hydrogen-bond acceptors (Lipinski definition) is 7. The van der Waals surface area contributed by atoms with E-state index in [1.165, 1.54) is 47.2 Å². The number of ether oxygens (including phenoxy) is 2. The molecule has 5 rings (SSSR count). The molecule has 2 aromatic carbocycles. The number of thioether (sulfide) groups is 1. The van der Waals surface area contributed by atoms with E-state index in [0.29, 0.717) is 5.92 Å². The molecule has 0 aromatic heterocycles. The van der Waals surface area contributed by atoms with Crippen molar-refractivity contribution in [2.75, 3.05) is 24.7 Å². The normalized spacial score (nSPS) is 30.5. The van der Waals surface area contributed by atoms with Crippen molar-refractivity contribution in [3.63, 3.8) is 0 Å². The number of nitrogens with one attached hydrogen (secondary N) is 1. The lowest BCUT2D eigenvalue weighted by Crippen LogP contribution is -2.54. The van der Waals surface area contributed by atoms with Gasteiger partial charge in [-0.25, -0.2) is 0 Å². The summed E-state index contributed by atoms with van der Waals surface area (Å²) in [5.74, 6) is 1.68. The van der Waals surface area contributed by atoms with Gasteiger partial charge in [-0.2, -0.15) is 0 Å². The largest absolute Gasteiger partial charge is 0.387 e. The Kier molecular flexibility index (Phi) is 5.98. The Morgan fingerprint density at radius 1 is 1.06 bits per heavy atom. The van der Waals surface area contributed by atoms with Crippen molar-refractivity contribution in [1.29, 1.82) is 0 Å². The zero-order valence-electron chi connectivity index (χ0n) is 17.5. The fourth-order valence-electron chi connectivity index (χ4n) is 4.58. The predicted octanol–water partition coefficient (Wildman–Crippen LogP) is 2.80. The molecule has 0 amide bonds. The predicted molar refractivity (Wildman–Crippen MR) is 120 cm³/mol. The molecule has 7 heteroatoms. The van der Waals surface area contributed by atoms with Gasteiger partial charge < -0.3 is 30.1 Å². The van der Waals surface area contributed by atoms with Crippen LogP contribution in [0.4, 0.5) is 5.69 Å². The van der Waals surface area contributed by atoms with Crippen molar-refractivity contribution in [2.45, 2.75) is 60.8 Å². The number of hydrogen-bond donors (Lipinski definition) is 4. The number of aliphatic hydroxyl groups excluding tert-OH is 3. The van der Waals surface area contributed by atoms with Gasteiger partial charge in [0.05, 0.1) is 0 Å². The Morgan fingerprint density at radius 2 is 1.90 bits per heavy atom. The van der Waals surface area contributed by atoms with Crippen LogP contribution in [0.5, 0.6) is 0 Å². The van der Waals surface area contributed by atoms with Gasteiger partial charge in [-0.1, -0.05) is 24.3 Å². The number of rotatable bonds is 5. The molecule has 31 heavy (non-hydrogen) atoms. The molecule has 2 fully saturated rings. The summed E-state index contributed by atoms with van der Waals surface area (Å²) in [6.07, 6.45) is -2.41. The molecule has 2 aromatic rings. The van der Waals surface area contributed by atoms with Crippen molar-refractivity contribution in [2.24, 2.45) is 0 Å². The third-order valence-corrected chi connectivity index (χ3v) is 7.50. The second-order valence-electron chi connectivity index (χ2n) is 8.65. The van der Waals surface area contributed by atoms with Crippen LogP contribution in [-0.4, -0.2) is 59.3 Å². The zero-order chi connectivity index (χ0) is 21.5. The quantitative estimate of drug-likeness (QED) is 0.565. The van der Waals surface area contributed by atoms with Gasteiger partial charge in [-0.15, -0.1) is 11.8 Å². The molecule has 0 radical (unpaired) electrons. The fourth-order valence-corrected chi connectivity index (χ4v) is 5.46. The summed E-state index contributed by atoms with van der Waals surface area (Å²) in [7, 11) is 1.42. The lowest BCUT2D eigenvalue weighted by Gasteiger charge is -2.40. The third-order valence-electron chi connectivity index (χ3n) is 6.43. The van der Waals surface area contributed by atoms with Gasteiger partial charge in [0.2, 0.25) is 0 Å². The van der Waals surface area contributed by atoms with Gasteiger partial charge in [0.15, 0.2) is 6.29 Å². The molecule has 0 unspecified atom stereocenters.